The highest BCUT2D eigenvalue weighted by Crippen LogP contribution is 2.13. The first-order valence-corrected chi connectivity index (χ1v) is 9.09. The van der Waals surface area contributed by atoms with Crippen LogP contribution in [0, 0.1) is 23.0 Å². The number of hydrogen-bond donors (Lipinski definition) is 2. The molecular weight excluding hydrogens is 396 g/mol. The van der Waals surface area contributed by atoms with Crippen molar-refractivity contribution in [1.82, 2.24) is 4.72 Å². The first-order valence-electron chi connectivity index (χ1n) is 7.61. The minimum absolute atomic E-state index is 0.162. The van der Waals surface area contributed by atoms with Gasteiger partial charge in [-0.1, -0.05) is 0 Å². The van der Waals surface area contributed by atoms with E-state index in [0.717, 1.165) is 12.1 Å². The van der Waals surface area contributed by atoms with Crippen LogP contribution in [0.5, 0.6) is 0 Å². The van der Waals surface area contributed by atoms with Crippen molar-refractivity contribution in [1.29, 1.82) is 5.26 Å². The molecule has 2 aromatic rings. The van der Waals surface area contributed by atoms with Gasteiger partial charge in [0.15, 0.2) is 6.61 Å². The van der Waals surface area contributed by atoms with Crippen molar-refractivity contribution in [2.24, 2.45) is 0 Å². The number of carbonyl (C=O) groups is 2. The van der Waals surface area contributed by atoms with Crippen LogP contribution < -0.4 is 10.0 Å². The number of ether oxygens (including phenoxy) is 1. The van der Waals surface area contributed by atoms with Crippen molar-refractivity contribution in [2.45, 2.75) is 4.90 Å². The highest BCUT2D eigenvalue weighted by atomic mass is 32.2. The predicted octanol–water partition coefficient (Wildman–Crippen LogP) is 1.30. The molecule has 0 saturated carbocycles. The number of nitrogens with zero attached hydrogens (tertiary/aromatic N) is 1. The van der Waals surface area contributed by atoms with Gasteiger partial charge in [-0.05, 0) is 36.4 Å². The second kappa shape index (κ2) is 9.03. The summed E-state index contributed by atoms with van der Waals surface area (Å²) in [6.45, 7) is -1.53. The summed E-state index contributed by atoms with van der Waals surface area (Å²) in [7, 11) is -4.02. The van der Waals surface area contributed by atoms with E-state index in [9.17, 15) is 26.8 Å². The highest BCUT2D eigenvalue weighted by molar-refractivity contribution is 7.89. The van der Waals surface area contributed by atoms with E-state index in [2.05, 4.69) is 10.1 Å². The Kier molecular flexibility index (Phi) is 6.75. The van der Waals surface area contributed by atoms with Crippen LogP contribution in [0.3, 0.4) is 0 Å². The Bertz CT molecular complexity index is 1010. The summed E-state index contributed by atoms with van der Waals surface area (Å²) in [5.41, 5.74) is 0.0996. The van der Waals surface area contributed by atoms with Gasteiger partial charge in [-0.3, -0.25) is 9.59 Å². The van der Waals surface area contributed by atoms with Crippen LogP contribution >= 0.6 is 0 Å². The second-order valence-electron chi connectivity index (χ2n) is 5.33. The predicted molar refractivity (Wildman–Crippen MR) is 92.3 cm³/mol. The smallest absolute Gasteiger partial charge is 0.321 e. The average molecular weight is 409 g/mol. The molecular formula is C17H13F2N3O5S. The van der Waals surface area contributed by atoms with Crippen LogP contribution in [-0.4, -0.2) is 33.4 Å². The standard InChI is InChI=1S/C17H13F2N3O5S/c18-12-5-13(19)7-14(6-12)22-16(23)10-27-17(24)9-21-28(25,26)15-3-1-11(8-20)2-4-15/h1-7,21H,9-10H2,(H,22,23). The van der Waals surface area contributed by atoms with E-state index in [1.165, 1.54) is 24.3 Å². The van der Waals surface area contributed by atoms with Gasteiger partial charge in [0.1, 0.15) is 18.2 Å². The fraction of sp³-hybridized carbons (Fsp3) is 0.118. The van der Waals surface area contributed by atoms with Crippen molar-refractivity contribution >= 4 is 27.6 Å². The maximum absolute atomic E-state index is 13.0. The van der Waals surface area contributed by atoms with Gasteiger partial charge in [0.2, 0.25) is 10.0 Å². The van der Waals surface area contributed by atoms with Crippen LogP contribution in [-0.2, 0) is 24.3 Å². The number of amides is 1. The Morgan fingerprint density at radius 1 is 1.07 bits per heavy atom. The Morgan fingerprint density at radius 2 is 1.68 bits per heavy atom. The molecule has 8 nitrogen and oxygen atoms in total. The molecule has 0 fully saturated rings. The maximum Gasteiger partial charge on any atom is 0.321 e. The van der Waals surface area contributed by atoms with Crippen molar-refractivity contribution < 1.29 is 31.5 Å². The lowest BCUT2D eigenvalue weighted by Gasteiger charge is -2.08. The molecule has 2 aromatic carbocycles. The number of halogens is 2. The first kappa shape index (κ1) is 20.9. The monoisotopic (exact) mass is 409 g/mol. The third-order valence-corrected chi connectivity index (χ3v) is 4.63. The lowest BCUT2D eigenvalue weighted by Crippen LogP contribution is -2.32. The molecule has 0 spiro atoms. The maximum atomic E-state index is 13.0. The molecule has 146 valence electrons. The molecule has 0 unspecified atom stereocenters. The molecule has 0 aliphatic carbocycles. The number of anilines is 1. The molecule has 28 heavy (non-hydrogen) atoms. The quantitative estimate of drug-likeness (QED) is 0.664. The van der Waals surface area contributed by atoms with Crippen LogP contribution in [0.15, 0.2) is 47.4 Å². The van der Waals surface area contributed by atoms with Gasteiger partial charge in [0.05, 0.1) is 16.5 Å². The summed E-state index contributed by atoms with van der Waals surface area (Å²) in [5.74, 6) is -3.71. The van der Waals surface area contributed by atoms with Crippen molar-refractivity contribution in [3.63, 3.8) is 0 Å². The number of nitrogens with one attached hydrogen (secondary N) is 2. The molecule has 0 bridgehead atoms. The number of benzene rings is 2. The van der Waals surface area contributed by atoms with E-state index in [1.807, 2.05) is 10.8 Å². The summed E-state index contributed by atoms with van der Waals surface area (Å²) < 4.78 is 56.7. The van der Waals surface area contributed by atoms with Crippen molar-refractivity contribution in [3.05, 3.63) is 59.7 Å². The molecule has 0 atom stereocenters. The van der Waals surface area contributed by atoms with Crippen LogP contribution in [0.25, 0.3) is 0 Å². The number of sulfonamides is 1. The lowest BCUT2D eigenvalue weighted by atomic mass is 10.2. The van der Waals surface area contributed by atoms with Gasteiger partial charge < -0.3 is 10.1 Å². The zero-order valence-electron chi connectivity index (χ0n) is 14.1. The van der Waals surface area contributed by atoms with E-state index in [-0.39, 0.29) is 16.1 Å². The van der Waals surface area contributed by atoms with Gasteiger partial charge in [-0.2, -0.15) is 9.98 Å². The van der Waals surface area contributed by atoms with Gasteiger partial charge in [0, 0.05) is 11.8 Å². The van der Waals surface area contributed by atoms with Crippen LogP contribution in [0.4, 0.5) is 14.5 Å². The summed E-state index contributed by atoms with van der Waals surface area (Å²) in [4.78, 5) is 23.1. The lowest BCUT2D eigenvalue weighted by molar-refractivity contribution is -0.146. The Morgan fingerprint density at radius 3 is 2.25 bits per heavy atom. The van der Waals surface area contributed by atoms with E-state index >= 15 is 0 Å². The van der Waals surface area contributed by atoms with Crippen LogP contribution in [0.2, 0.25) is 0 Å². The Balaban J connectivity index is 1.83. The third-order valence-electron chi connectivity index (χ3n) is 3.21. The zero-order chi connectivity index (χ0) is 20.7. The molecule has 11 heteroatoms. The van der Waals surface area contributed by atoms with E-state index < -0.39 is 46.7 Å². The molecule has 0 aliphatic heterocycles. The van der Waals surface area contributed by atoms with Crippen LogP contribution in [0.1, 0.15) is 5.56 Å². The number of nitriles is 1. The third kappa shape index (κ3) is 6.11. The fourth-order valence-corrected chi connectivity index (χ4v) is 2.93. The molecule has 2 N–H and O–H groups in total. The van der Waals surface area contributed by atoms with Gasteiger partial charge in [-0.15, -0.1) is 0 Å². The van der Waals surface area contributed by atoms with Gasteiger partial charge in [-0.25, -0.2) is 17.2 Å². The topological polar surface area (TPSA) is 125 Å². The van der Waals surface area contributed by atoms with E-state index in [4.69, 9.17) is 5.26 Å². The number of rotatable bonds is 7. The number of esters is 1. The van der Waals surface area contributed by atoms with Gasteiger partial charge >= 0.3 is 5.97 Å². The molecule has 0 heterocycles. The molecule has 1 amide bonds. The largest absolute Gasteiger partial charge is 0.455 e. The van der Waals surface area contributed by atoms with Crippen molar-refractivity contribution in [2.75, 3.05) is 18.5 Å². The minimum Gasteiger partial charge on any atom is -0.455 e. The zero-order valence-corrected chi connectivity index (χ0v) is 14.9. The first-order chi connectivity index (χ1) is 13.2. The summed E-state index contributed by atoms with van der Waals surface area (Å²) in [5, 5.41) is 10.8. The van der Waals surface area contributed by atoms with Crippen molar-refractivity contribution in [3.8, 4) is 6.07 Å². The summed E-state index contributed by atoms with van der Waals surface area (Å²) >= 11 is 0. The fourth-order valence-electron chi connectivity index (χ4n) is 1.97. The summed E-state index contributed by atoms with van der Waals surface area (Å²) in [6.07, 6.45) is 0. The molecule has 0 saturated heterocycles. The normalized spacial score (nSPS) is 10.8. The molecule has 0 aliphatic rings. The SMILES string of the molecule is N#Cc1ccc(S(=O)(=O)NCC(=O)OCC(=O)Nc2cc(F)cc(F)c2)cc1. The minimum atomic E-state index is -4.02. The number of carbonyl (C=O) groups excluding carboxylic acids is 2. The molecule has 0 aromatic heterocycles. The van der Waals surface area contributed by atoms with E-state index in [0.29, 0.717) is 6.07 Å². The summed E-state index contributed by atoms with van der Waals surface area (Å²) in [6, 6.07) is 9.18. The molecule has 0 radical (unpaired) electrons. The Labute approximate surface area is 158 Å². The number of hydrogen-bond acceptors (Lipinski definition) is 6. The van der Waals surface area contributed by atoms with Gasteiger partial charge in [0.25, 0.3) is 5.91 Å². The molecule has 2 rings (SSSR count). The second-order valence-corrected chi connectivity index (χ2v) is 7.09. The Hall–Kier alpha value is -3.36. The average Bonchev–Trinajstić information content (AvgIpc) is 2.64. The highest BCUT2D eigenvalue weighted by Gasteiger charge is 2.17. The van der Waals surface area contributed by atoms with E-state index in [1.54, 1.807) is 0 Å².